The fourth-order valence-electron chi connectivity index (χ4n) is 0.890. The Hall–Kier alpha value is -1.03. The minimum atomic E-state index is -0.119. The van der Waals surface area contributed by atoms with Crippen molar-refractivity contribution in [2.45, 2.75) is 19.8 Å². The van der Waals surface area contributed by atoms with Crippen LogP contribution in [0.5, 0.6) is 0 Å². The number of nitrogens with one attached hydrogen (secondary N) is 2. The lowest BCUT2D eigenvalue weighted by Gasteiger charge is -2.04. The van der Waals surface area contributed by atoms with Gasteiger partial charge in [0, 0.05) is 11.9 Å². The fourth-order valence-corrected chi connectivity index (χ4v) is 1.48. The summed E-state index contributed by atoms with van der Waals surface area (Å²) in [5.41, 5.74) is 0.860. The third-order valence-electron chi connectivity index (χ3n) is 1.59. The molecule has 0 radical (unpaired) electrons. The highest BCUT2D eigenvalue weighted by Gasteiger charge is 1.99. The Morgan fingerprint density at radius 1 is 1.62 bits per heavy atom. The first-order valence-electron chi connectivity index (χ1n) is 4.40. The summed E-state index contributed by atoms with van der Waals surface area (Å²) in [5, 5.41) is 9.35. The number of carbonyl (C=O) groups is 1. The van der Waals surface area contributed by atoms with Gasteiger partial charge < -0.3 is 10.6 Å². The van der Waals surface area contributed by atoms with Gasteiger partial charge >= 0.3 is 6.03 Å². The van der Waals surface area contributed by atoms with Crippen molar-refractivity contribution < 1.29 is 4.79 Å². The van der Waals surface area contributed by atoms with E-state index in [1.54, 1.807) is 11.3 Å². The molecule has 0 aliphatic rings. The van der Waals surface area contributed by atoms with Crippen LogP contribution in [0, 0.1) is 0 Å². The molecule has 72 valence electrons. The quantitative estimate of drug-likeness (QED) is 0.717. The molecule has 0 saturated carbocycles. The minimum Gasteiger partial charge on any atom is -0.338 e. The molecule has 2 N–H and O–H groups in total. The molecule has 3 nitrogen and oxygen atoms in total. The molecule has 0 aliphatic heterocycles. The lowest BCUT2D eigenvalue weighted by atomic mass is 10.3. The number of hydrogen-bond donors (Lipinski definition) is 2. The van der Waals surface area contributed by atoms with Crippen LogP contribution in [0.3, 0.4) is 0 Å². The zero-order valence-corrected chi connectivity index (χ0v) is 8.49. The number of carbonyl (C=O) groups excluding carboxylic acids is 1. The number of anilines is 1. The van der Waals surface area contributed by atoms with Crippen molar-refractivity contribution in [1.82, 2.24) is 5.32 Å². The molecule has 1 aromatic heterocycles. The Kier molecular flexibility index (Phi) is 4.32. The Labute approximate surface area is 82.2 Å². The van der Waals surface area contributed by atoms with Gasteiger partial charge in [-0.15, -0.1) is 0 Å². The second-order valence-electron chi connectivity index (χ2n) is 2.75. The molecule has 0 saturated heterocycles. The van der Waals surface area contributed by atoms with Crippen molar-refractivity contribution in [1.29, 1.82) is 0 Å². The number of amides is 2. The molecule has 2 amide bonds. The molecule has 1 aromatic rings. The van der Waals surface area contributed by atoms with Crippen LogP contribution in [0.1, 0.15) is 19.8 Å². The lowest BCUT2D eigenvalue weighted by molar-refractivity contribution is 0.252. The van der Waals surface area contributed by atoms with Gasteiger partial charge in [-0.3, -0.25) is 0 Å². The smallest absolute Gasteiger partial charge is 0.319 e. The van der Waals surface area contributed by atoms with Crippen LogP contribution in [0.4, 0.5) is 10.5 Å². The fraction of sp³-hybridized carbons (Fsp3) is 0.444. The van der Waals surface area contributed by atoms with Crippen LogP contribution in [0.15, 0.2) is 16.8 Å². The summed E-state index contributed by atoms with van der Waals surface area (Å²) < 4.78 is 0. The van der Waals surface area contributed by atoms with Gasteiger partial charge in [0.05, 0.1) is 5.69 Å². The Balaban J connectivity index is 2.18. The third-order valence-corrected chi connectivity index (χ3v) is 2.28. The standard InChI is InChI=1S/C9H14N2OS/c1-2-3-5-10-9(12)11-8-4-6-13-7-8/h4,6-7H,2-3,5H2,1H3,(H2,10,11,12). The van der Waals surface area contributed by atoms with E-state index in [2.05, 4.69) is 17.6 Å². The first-order chi connectivity index (χ1) is 6.33. The van der Waals surface area contributed by atoms with Crippen LogP contribution in [0.2, 0.25) is 0 Å². The number of hydrogen-bond acceptors (Lipinski definition) is 2. The number of thiophene rings is 1. The lowest BCUT2D eigenvalue weighted by Crippen LogP contribution is -2.29. The zero-order chi connectivity index (χ0) is 9.52. The van der Waals surface area contributed by atoms with E-state index in [0.29, 0.717) is 0 Å². The second kappa shape index (κ2) is 5.59. The predicted octanol–water partition coefficient (Wildman–Crippen LogP) is 2.67. The van der Waals surface area contributed by atoms with E-state index < -0.39 is 0 Å². The molecule has 0 spiro atoms. The van der Waals surface area contributed by atoms with E-state index in [4.69, 9.17) is 0 Å². The van der Waals surface area contributed by atoms with Crippen molar-refractivity contribution >= 4 is 23.1 Å². The molecule has 1 rings (SSSR count). The molecule has 1 heterocycles. The average molecular weight is 198 g/mol. The summed E-state index contributed by atoms with van der Waals surface area (Å²) in [6, 6.07) is 1.76. The number of unbranched alkanes of at least 4 members (excludes halogenated alkanes) is 1. The van der Waals surface area contributed by atoms with Crippen molar-refractivity contribution in [2.75, 3.05) is 11.9 Å². The largest absolute Gasteiger partial charge is 0.338 e. The van der Waals surface area contributed by atoms with Gasteiger partial charge in [0.1, 0.15) is 0 Å². The van der Waals surface area contributed by atoms with Gasteiger partial charge in [0.2, 0.25) is 0 Å². The van der Waals surface area contributed by atoms with Gasteiger partial charge in [-0.1, -0.05) is 13.3 Å². The van der Waals surface area contributed by atoms with E-state index in [0.717, 1.165) is 25.1 Å². The van der Waals surface area contributed by atoms with Gasteiger partial charge in [0.15, 0.2) is 0 Å². The van der Waals surface area contributed by atoms with E-state index >= 15 is 0 Å². The van der Waals surface area contributed by atoms with Crippen molar-refractivity contribution in [3.63, 3.8) is 0 Å². The normalized spacial score (nSPS) is 9.62. The van der Waals surface area contributed by atoms with E-state index in [9.17, 15) is 4.79 Å². The monoisotopic (exact) mass is 198 g/mol. The predicted molar refractivity (Wildman–Crippen MR) is 56.2 cm³/mol. The van der Waals surface area contributed by atoms with Crippen molar-refractivity contribution in [3.05, 3.63) is 16.8 Å². The zero-order valence-electron chi connectivity index (χ0n) is 7.67. The first-order valence-corrected chi connectivity index (χ1v) is 5.34. The Morgan fingerprint density at radius 3 is 3.08 bits per heavy atom. The maximum atomic E-state index is 11.2. The first kappa shape index (κ1) is 10.1. The summed E-state index contributed by atoms with van der Waals surface area (Å²) in [5.74, 6) is 0. The summed E-state index contributed by atoms with van der Waals surface area (Å²) in [7, 11) is 0. The topological polar surface area (TPSA) is 41.1 Å². The number of urea groups is 1. The molecule has 0 atom stereocenters. The van der Waals surface area contributed by atoms with Crippen molar-refractivity contribution in [3.8, 4) is 0 Å². The second-order valence-corrected chi connectivity index (χ2v) is 3.53. The van der Waals surface area contributed by atoms with Crippen LogP contribution in [0.25, 0.3) is 0 Å². The van der Waals surface area contributed by atoms with Crippen molar-refractivity contribution in [2.24, 2.45) is 0 Å². The Bertz CT molecular complexity index is 246. The molecule has 0 aromatic carbocycles. The van der Waals surface area contributed by atoms with E-state index in [-0.39, 0.29) is 6.03 Å². The highest BCUT2D eigenvalue weighted by Crippen LogP contribution is 2.10. The van der Waals surface area contributed by atoms with Gasteiger partial charge in [-0.05, 0) is 17.9 Å². The van der Waals surface area contributed by atoms with Crippen LogP contribution >= 0.6 is 11.3 Å². The van der Waals surface area contributed by atoms with E-state index in [1.165, 1.54) is 0 Å². The maximum Gasteiger partial charge on any atom is 0.319 e. The van der Waals surface area contributed by atoms with Crippen LogP contribution < -0.4 is 10.6 Å². The van der Waals surface area contributed by atoms with Gasteiger partial charge in [-0.2, -0.15) is 11.3 Å². The molecule has 0 aliphatic carbocycles. The highest BCUT2D eigenvalue weighted by molar-refractivity contribution is 7.08. The third kappa shape index (κ3) is 3.94. The van der Waals surface area contributed by atoms with Crippen LogP contribution in [-0.4, -0.2) is 12.6 Å². The molecular weight excluding hydrogens is 184 g/mol. The molecular formula is C9H14N2OS. The highest BCUT2D eigenvalue weighted by atomic mass is 32.1. The summed E-state index contributed by atoms with van der Waals surface area (Å²) >= 11 is 1.57. The van der Waals surface area contributed by atoms with Crippen LogP contribution in [-0.2, 0) is 0 Å². The molecule has 0 fully saturated rings. The molecule has 4 heteroatoms. The summed E-state index contributed by atoms with van der Waals surface area (Å²) in [6.07, 6.45) is 2.12. The average Bonchev–Trinajstić information content (AvgIpc) is 2.57. The Morgan fingerprint density at radius 2 is 2.46 bits per heavy atom. The van der Waals surface area contributed by atoms with Gasteiger partial charge in [0.25, 0.3) is 0 Å². The SMILES string of the molecule is CCCCNC(=O)Nc1ccsc1. The minimum absolute atomic E-state index is 0.119. The van der Waals surface area contributed by atoms with E-state index in [1.807, 2.05) is 16.8 Å². The maximum absolute atomic E-state index is 11.2. The molecule has 0 unspecified atom stereocenters. The molecule has 0 bridgehead atoms. The molecule has 13 heavy (non-hydrogen) atoms. The summed E-state index contributed by atoms with van der Waals surface area (Å²) in [4.78, 5) is 11.2. The summed E-state index contributed by atoms with van der Waals surface area (Å²) in [6.45, 7) is 2.84. The number of rotatable bonds is 4. The van der Waals surface area contributed by atoms with Gasteiger partial charge in [-0.25, -0.2) is 4.79 Å².